The lowest BCUT2D eigenvalue weighted by atomic mass is 9.64. The first-order valence-corrected chi connectivity index (χ1v) is 10.7. The van der Waals surface area contributed by atoms with E-state index < -0.39 is 11.7 Å². The van der Waals surface area contributed by atoms with Crippen molar-refractivity contribution in [2.45, 2.75) is 43.3 Å². The Hall–Kier alpha value is -2.22. The van der Waals surface area contributed by atoms with E-state index in [0.29, 0.717) is 17.5 Å². The summed E-state index contributed by atoms with van der Waals surface area (Å²) >= 11 is 1.63. The summed E-state index contributed by atoms with van der Waals surface area (Å²) in [6.07, 6.45) is 1.74. The van der Waals surface area contributed by atoms with Crippen LogP contribution in [0.1, 0.15) is 36.9 Å². The van der Waals surface area contributed by atoms with Crippen molar-refractivity contribution >= 4 is 17.8 Å². The minimum absolute atomic E-state index is 0.130. The first-order chi connectivity index (χ1) is 14.0. The maximum atomic E-state index is 12.7. The van der Waals surface area contributed by atoms with Gasteiger partial charge in [-0.15, -0.1) is 0 Å². The molecule has 29 heavy (non-hydrogen) atoms. The van der Waals surface area contributed by atoms with Gasteiger partial charge >= 0.3 is 6.18 Å². The Morgan fingerprint density at radius 2 is 1.76 bits per heavy atom. The smallest absolute Gasteiger partial charge is 0.416 e. The molecule has 2 saturated heterocycles. The third-order valence-corrected chi connectivity index (χ3v) is 6.84. The SMILES string of the molecule is FC(F)(F)c1ccc(Oc2ccc(C34CCC(CC3)N3CCSN=C34)nc2)cc1. The molecule has 0 N–H and O–H groups in total. The Labute approximate surface area is 171 Å². The van der Waals surface area contributed by atoms with Crippen molar-refractivity contribution in [3.05, 3.63) is 53.9 Å². The Morgan fingerprint density at radius 3 is 2.41 bits per heavy atom. The van der Waals surface area contributed by atoms with Crippen LogP contribution in [0.25, 0.3) is 0 Å². The lowest BCUT2D eigenvalue weighted by molar-refractivity contribution is -0.137. The van der Waals surface area contributed by atoms with E-state index in [1.165, 1.54) is 18.0 Å². The summed E-state index contributed by atoms with van der Waals surface area (Å²) in [7, 11) is 0. The highest BCUT2D eigenvalue weighted by atomic mass is 32.2. The van der Waals surface area contributed by atoms with Crippen molar-refractivity contribution in [3.63, 3.8) is 0 Å². The zero-order chi connectivity index (χ0) is 20.1. The second-order valence-corrected chi connectivity index (χ2v) is 8.61. The molecule has 0 amide bonds. The van der Waals surface area contributed by atoms with Crippen LogP contribution < -0.4 is 4.74 Å². The lowest BCUT2D eigenvalue weighted by Gasteiger charge is -2.55. The molecule has 1 saturated carbocycles. The number of aromatic nitrogens is 1. The minimum Gasteiger partial charge on any atom is -0.456 e. The van der Waals surface area contributed by atoms with Gasteiger partial charge in [0.25, 0.3) is 0 Å². The Kier molecular flexibility index (Phi) is 4.49. The number of alkyl halides is 3. The Balaban J connectivity index is 1.37. The number of halogens is 3. The molecule has 0 radical (unpaired) electrons. The van der Waals surface area contributed by atoms with Crippen molar-refractivity contribution in [2.75, 3.05) is 12.3 Å². The number of hydrogen-bond donors (Lipinski definition) is 0. The highest BCUT2D eigenvalue weighted by Gasteiger charge is 2.52. The minimum atomic E-state index is -4.35. The molecular weight excluding hydrogens is 399 g/mol. The molecule has 4 nitrogen and oxygen atoms in total. The monoisotopic (exact) mass is 419 g/mol. The van der Waals surface area contributed by atoms with Gasteiger partial charge in [0, 0.05) is 18.3 Å². The molecule has 1 aromatic carbocycles. The lowest BCUT2D eigenvalue weighted by Crippen LogP contribution is -2.61. The number of ether oxygens (including phenoxy) is 1. The van der Waals surface area contributed by atoms with Crippen LogP contribution >= 0.6 is 11.9 Å². The normalized spacial score (nSPS) is 26.1. The van der Waals surface area contributed by atoms with Crippen molar-refractivity contribution in [3.8, 4) is 11.5 Å². The van der Waals surface area contributed by atoms with E-state index in [9.17, 15) is 13.2 Å². The number of pyridine rings is 1. The van der Waals surface area contributed by atoms with E-state index in [1.807, 2.05) is 12.1 Å². The zero-order valence-corrected chi connectivity index (χ0v) is 16.5. The third kappa shape index (κ3) is 3.27. The van der Waals surface area contributed by atoms with Crippen LogP contribution in [-0.4, -0.2) is 34.1 Å². The molecule has 152 valence electrons. The molecule has 3 aliphatic heterocycles. The standard InChI is InChI=1S/C21H20F3N3OS/c22-21(23,24)14-1-3-16(4-2-14)28-17-5-6-18(25-13-17)20-9-7-15(8-10-20)27-11-12-29-26-19(20)27/h1-6,13,15H,7-12H2. The predicted molar refractivity (Wildman–Crippen MR) is 106 cm³/mol. The molecule has 3 fully saturated rings. The van der Waals surface area contributed by atoms with E-state index in [1.54, 1.807) is 18.1 Å². The second-order valence-electron chi connectivity index (χ2n) is 7.76. The van der Waals surface area contributed by atoms with Gasteiger partial charge in [-0.1, -0.05) is 0 Å². The summed E-state index contributed by atoms with van der Waals surface area (Å²) in [6.45, 7) is 1.05. The molecule has 8 heteroatoms. The van der Waals surface area contributed by atoms with Crippen molar-refractivity contribution in [1.82, 2.24) is 9.88 Å². The fourth-order valence-corrected chi connectivity index (χ4v) is 5.47. The van der Waals surface area contributed by atoms with Gasteiger partial charge in [0.1, 0.15) is 17.3 Å². The molecule has 4 heterocycles. The molecule has 2 bridgehead atoms. The Morgan fingerprint density at radius 1 is 1.03 bits per heavy atom. The number of piperidine rings is 2. The number of nitrogens with zero attached hydrogens (tertiary/aromatic N) is 3. The van der Waals surface area contributed by atoms with Crippen LogP contribution in [0.2, 0.25) is 0 Å². The molecule has 1 aromatic heterocycles. The van der Waals surface area contributed by atoms with Crippen LogP contribution in [0.15, 0.2) is 47.0 Å². The maximum absolute atomic E-state index is 12.7. The molecule has 6 rings (SSSR count). The third-order valence-electron chi connectivity index (χ3n) is 6.17. The molecule has 1 aliphatic carbocycles. The molecule has 0 atom stereocenters. The van der Waals surface area contributed by atoms with E-state index in [-0.39, 0.29) is 5.41 Å². The summed E-state index contributed by atoms with van der Waals surface area (Å²) in [6, 6.07) is 9.11. The van der Waals surface area contributed by atoms with E-state index in [0.717, 1.165) is 55.8 Å². The highest BCUT2D eigenvalue weighted by molar-refractivity contribution is 7.98. The average molecular weight is 419 g/mol. The van der Waals surface area contributed by atoms with Crippen LogP contribution in [0.4, 0.5) is 13.2 Å². The van der Waals surface area contributed by atoms with Gasteiger partial charge in [-0.2, -0.15) is 13.2 Å². The average Bonchev–Trinajstić information content (AvgIpc) is 2.75. The van der Waals surface area contributed by atoms with Gasteiger partial charge in [0.15, 0.2) is 0 Å². The van der Waals surface area contributed by atoms with Crippen molar-refractivity contribution in [2.24, 2.45) is 4.40 Å². The van der Waals surface area contributed by atoms with Crippen LogP contribution in [-0.2, 0) is 11.6 Å². The molecule has 4 aliphatic rings. The van der Waals surface area contributed by atoms with E-state index in [4.69, 9.17) is 14.1 Å². The number of hydrogen-bond acceptors (Lipinski definition) is 5. The second kappa shape index (κ2) is 6.93. The number of fused-ring (bicyclic) bond motifs is 2. The summed E-state index contributed by atoms with van der Waals surface area (Å²) in [5.74, 6) is 3.05. The summed E-state index contributed by atoms with van der Waals surface area (Å²) in [5, 5.41) is 0. The first-order valence-electron chi connectivity index (χ1n) is 9.74. The van der Waals surface area contributed by atoms with Gasteiger partial charge in [0.2, 0.25) is 0 Å². The fraction of sp³-hybridized carbons (Fsp3) is 0.429. The molecule has 0 unspecified atom stereocenters. The first kappa shape index (κ1) is 18.8. The van der Waals surface area contributed by atoms with Crippen molar-refractivity contribution < 1.29 is 17.9 Å². The van der Waals surface area contributed by atoms with Gasteiger partial charge in [0.05, 0.1) is 22.9 Å². The molecule has 0 spiro atoms. The van der Waals surface area contributed by atoms with Gasteiger partial charge in [-0.05, 0) is 74.0 Å². The molecule has 2 aromatic rings. The summed E-state index contributed by atoms with van der Waals surface area (Å²) in [5.41, 5.74) is 0.178. The molecular formula is C21H20F3N3OS. The van der Waals surface area contributed by atoms with Crippen LogP contribution in [0.5, 0.6) is 11.5 Å². The van der Waals surface area contributed by atoms with Gasteiger partial charge < -0.3 is 9.64 Å². The topological polar surface area (TPSA) is 37.7 Å². The highest BCUT2D eigenvalue weighted by Crippen LogP contribution is 2.49. The largest absolute Gasteiger partial charge is 0.456 e. The Bertz CT molecular complexity index is 920. The quantitative estimate of drug-likeness (QED) is 0.620. The van der Waals surface area contributed by atoms with E-state index in [2.05, 4.69) is 4.90 Å². The van der Waals surface area contributed by atoms with Crippen LogP contribution in [0.3, 0.4) is 0 Å². The van der Waals surface area contributed by atoms with Gasteiger partial charge in [-0.3, -0.25) is 4.98 Å². The summed E-state index contributed by atoms with van der Waals surface area (Å²) < 4.78 is 48.6. The maximum Gasteiger partial charge on any atom is 0.416 e. The number of amidine groups is 1. The van der Waals surface area contributed by atoms with Crippen molar-refractivity contribution in [1.29, 1.82) is 0 Å². The van der Waals surface area contributed by atoms with E-state index >= 15 is 0 Å². The zero-order valence-electron chi connectivity index (χ0n) is 15.7. The number of rotatable bonds is 3. The van der Waals surface area contributed by atoms with Gasteiger partial charge in [-0.25, -0.2) is 4.40 Å². The van der Waals surface area contributed by atoms with Crippen LogP contribution in [0, 0.1) is 0 Å². The fourth-order valence-electron chi connectivity index (χ4n) is 4.70. The predicted octanol–water partition coefficient (Wildman–Crippen LogP) is 5.45. The number of benzene rings is 1. The summed E-state index contributed by atoms with van der Waals surface area (Å²) in [4.78, 5) is 7.16.